The fourth-order valence-electron chi connectivity index (χ4n) is 2.97. The molecule has 30 heavy (non-hydrogen) atoms. The number of benzene rings is 2. The number of hydrogen-bond donors (Lipinski definition) is 0. The van der Waals surface area contributed by atoms with E-state index in [0.717, 1.165) is 16.8 Å². The van der Waals surface area contributed by atoms with Gasteiger partial charge in [0.15, 0.2) is 11.5 Å². The molecule has 4 rings (SSSR count). The zero-order valence-corrected chi connectivity index (χ0v) is 16.4. The Morgan fingerprint density at radius 3 is 2.27 bits per heavy atom. The summed E-state index contributed by atoms with van der Waals surface area (Å²) in [6, 6.07) is 20.4. The second kappa shape index (κ2) is 8.92. The molecule has 0 aliphatic carbocycles. The molecule has 0 radical (unpaired) electrons. The molecule has 0 amide bonds. The van der Waals surface area contributed by atoms with Crippen LogP contribution in [0.1, 0.15) is 21.5 Å². The predicted octanol–water partition coefficient (Wildman–Crippen LogP) is 5.27. The van der Waals surface area contributed by atoms with E-state index in [-0.39, 0.29) is 0 Å². The largest absolute Gasteiger partial charge is 0.493 e. The summed E-state index contributed by atoms with van der Waals surface area (Å²) in [7, 11) is 1.55. The molecule has 2 aromatic heterocycles. The van der Waals surface area contributed by atoms with Crippen LogP contribution >= 0.6 is 0 Å². The number of rotatable bonds is 6. The standard InChI is InChI=1S/C25H20N2O3/c1-29-24-18-20(5-4-19-12-14-26-15-13-19)6-11-23(24)30-25(28)21-7-9-22(10-8-21)27-16-2-3-17-27/h2-18H,1H3/b5-4+. The number of esters is 1. The Balaban J connectivity index is 1.48. The van der Waals surface area contributed by atoms with E-state index in [1.807, 2.05) is 77.6 Å². The van der Waals surface area contributed by atoms with E-state index in [4.69, 9.17) is 9.47 Å². The minimum atomic E-state index is -0.438. The molecule has 2 aromatic carbocycles. The highest BCUT2D eigenvalue weighted by molar-refractivity contribution is 5.91. The molecule has 0 spiro atoms. The molecule has 5 heteroatoms. The molecule has 0 fully saturated rings. The number of carbonyl (C=O) groups excluding carboxylic acids is 1. The normalized spacial score (nSPS) is 10.8. The van der Waals surface area contributed by atoms with Crippen molar-refractivity contribution in [3.63, 3.8) is 0 Å². The fraction of sp³-hybridized carbons (Fsp3) is 0.0400. The van der Waals surface area contributed by atoms with Crippen LogP contribution in [0.4, 0.5) is 0 Å². The molecule has 0 aliphatic rings. The first-order valence-corrected chi connectivity index (χ1v) is 9.45. The van der Waals surface area contributed by atoms with Crippen molar-refractivity contribution in [3.8, 4) is 17.2 Å². The highest BCUT2D eigenvalue weighted by Gasteiger charge is 2.13. The van der Waals surface area contributed by atoms with Gasteiger partial charge in [0, 0.05) is 30.5 Å². The lowest BCUT2D eigenvalue weighted by atomic mass is 10.1. The SMILES string of the molecule is COc1cc(/C=C/c2ccncc2)ccc1OC(=O)c1ccc(-n2cccc2)cc1. The van der Waals surface area contributed by atoms with E-state index in [9.17, 15) is 4.79 Å². The van der Waals surface area contributed by atoms with E-state index in [1.54, 1.807) is 37.7 Å². The van der Waals surface area contributed by atoms with Gasteiger partial charge in [0.25, 0.3) is 0 Å². The van der Waals surface area contributed by atoms with Crippen LogP contribution in [0.5, 0.6) is 11.5 Å². The second-order valence-corrected chi connectivity index (χ2v) is 6.55. The summed E-state index contributed by atoms with van der Waals surface area (Å²) in [6.45, 7) is 0. The predicted molar refractivity (Wildman–Crippen MR) is 117 cm³/mol. The molecule has 0 bridgehead atoms. The number of pyridine rings is 1. The van der Waals surface area contributed by atoms with Crippen molar-refractivity contribution in [2.24, 2.45) is 0 Å². The highest BCUT2D eigenvalue weighted by Crippen LogP contribution is 2.29. The van der Waals surface area contributed by atoms with Gasteiger partial charge in [-0.3, -0.25) is 4.98 Å². The van der Waals surface area contributed by atoms with Crippen LogP contribution in [0.2, 0.25) is 0 Å². The molecule has 2 heterocycles. The maximum atomic E-state index is 12.6. The van der Waals surface area contributed by atoms with Crippen molar-refractivity contribution in [3.05, 3.63) is 108 Å². The third-order valence-corrected chi connectivity index (χ3v) is 4.57. The molecule has 0 saturated carbocycles. The van der Waals surface area contributed by atoms with Gasteiger partial charge in [-0.1, -0.05) is 18.2 Å². The summed E-state index contributed by atoms with van der Waals surface area (Å²) in [5.41, 5.74) is 3.41. The van der Waals surface area contributed by atoms with Gasteiger partial charge in [0.05, 0.1) is 12.7 Å². The topological polar surface area (TPSA) is 53.4 Å². The van der Waals surface area contributed by atoms with Gasteiger partial charge in [0.1, 0.15) is 0 Å². The van der Waals surface area contributed by atoms with Gasteiger partial charge in [-0.25, -0.2) is 4.79 Å². The smallest absolute Gasteiger partial charge is 0.343 e. The molecule has 4 aromatic rings. The number of nitrogens with zero attached hydrogens (tertiary/aromatic N) is 2. The quantitative estimate of drug-likeness (QED) is 0.329. The van der Waals surface area contributed by atoms with E-state index in [0.29, 0.717) is 17.1 Å². The molecular weight excluding hydrogens is 376 g/mol. The first-order chi connectivity index (χ1) is 14.7. The number of ether oxygens (including phenoxy) is 2. The number of methoxy groups -OCH3 is 1. The summed E-state index contributed by atoms with van der Waals surface area (Å²) < 4.78 is 13.0. The first kappa shape index (κ1) is 19.2. The van der Waals surface area contributed by atoms with Gasteiger partial charge in [-0.05, 0) is 71.8 Å². The van der Waals surface area contributed by atoms with Gasteiger partial charge in [-0.2, -0.15) is 0 Å². The van der Waals surface area contributed by atoms with E-state index < -0.39 is 5.97 Å². The molecule has 0 N–H and O–H groups in total. The van der Waals surface area contributed by atoms with Crippen LogP contribution < -0.4 is 9.47 Å². The lowest BCUT2D eigenvalue weighted by Crippen LogP contribution is -2.09. The van der Waals surface area contributed by atoms with Gasteiger partial charge < -0.3 is 14.0 Å². The summed E-state index contributed by atoms with van der Waals surface area (Å²) in [5.74, 6) is 0.426. The van der Waals surface area contributed by atoms with Crippen LogP contribution in [-0.4, -0.2) is 22.6 Å². The molecule has 0 saturated heterocycles. The van der Waals surface area contributed by atoms with Gasteiger partial charge >= 0.3 is 5.97 Å². The fourth-order valence-corrected chi connectivity index (χ4v) is 2.97. The minimum absolute atomic E-state index is 0.373. The van der Waals surface area contributed by atoms with Gasteiger partial charge in [-0.15, -0.1) is 0 Å². The average molecular weight is 396 g/mol. The lowest BCUT2D eigenvalue weighted by Gasteiger charge is -2.10. The molecule has 0 atom stereocenters. The monoisotopic (exact) mass is 396 g/mol. The number of aromatic nitrogens is 2. The van der Waals surface area contributed by atoms with Crippen molar-refractivity contribution in [2.75, 3.05) is 7.11 Å². The second-order valence-electron chi connectivity index (χ2n) is 6.55. The summed E-state index contributed by atoms with van der Waals surface area (Å²) in [5, 5.41) is 0. The van der Waals surface area contributed by atoms with E-state index >= 15 is 0 Å². The van der Waals surface area contributed by atoms with Crippen LogP contribution in [0.25, 0.3) is 17.8 Å². The Kier molecular flexibility index (Phi) is 5.71. The Morgan fingerprint density at radius 2 is 1.57 bits per heavy atom. The Labute approximate surface area is 174 Å². The van der Waals surface area contributed by atoms with Crippen LogP contribution in [0, 0.1) is 0 Å². The average Bonchev–Trinajstić information content (AvgIpc) is 3.34. The third-order valence-electron chi connectivity index (χ3n) is 4.57. The van der Waals surface area contributed by atoms with Crippen LogP contribution in [0.3, 0.4) is 0 Å². The zero-order chi connectivity index (χ0) is 20.8. The third kappa shape index (κ3) is 4.47. The van der Waals surface area contributed by atoms with E-state index in [1.165, 1.54) is 0 Å². The summed E-state index contributed by atoms with van der Waals surface area (Å²) >= 11 is 0. The van der Waals surface area contributed by atoms with E-state index in [2.05, 4.69) is 4.98 Å². The van der Waals surface area contributed by atoms with Crippen molar-refractivity contribution < 1.29 is 14.3 Å². The number of carbonyl (C=O) groups is 1. The summed E-state index contributed by atoms with van der Waals surface area (Å²) in [6.07, 6.45) is 11.3. The van der Waals surface area contributed by atoms with Crippen molar-refractivity contribution in [2.45, 2.75) is 0 Å². The lowest BCUT2D eigenvalue weighted by molar-refractivity contribution is 0.0729. The minimum Gasteiger partial charge on any atom is -0.493 e. The Hall–Kier alpha value is -4.12. The Bertz CT molecular complexity index is 1150. The molecule has 5 nitrogen and oxygen atoms in total. The number of hydrogen-bond acceptors (Lipinski definition) is 4. The first-order valence-electron chi connectivity index (χ1n) is 9.45. The van der Waals surface area contributed by atoms with Crippen molar-refractivity contribution in [1.29, 1.82) is 0 Å². The maximum absolute atomic E-state index is 12.6. The van der Waals surface area contributed by atoms with Crippen LogP contribution in [-0.2, 0) is 0 Å². The molecular formula is C25H20N2O3. The molecule has 148 valence electrons. The summed E-state index contributed by atoms with van der Waals surface area (Å²) in [4.78, 5) is 16.6. The maximum Gasteiger partial charge on any atom is 0.343 e. The Morgan fingerprint density at radius 1 is 0.867 bits per heavy atom. The van der Waals surface area contributed by atoms with Crippen molar-refractivity contribution in [1.82, 2.24) is 9.55 Å². The van der Waals surface area contributed by atoms with Crippen molar-refractivity contribution >= 4 is 18.1 Å². The zero-order valence-electron chi connectivity index (χ0n) is 16.4. The molecule has 0 aliphatic heterocycles. The highest BCUT2D eigenvalue weighted by atomic mass is 16.6. The molecule has 0 unspecified atom stereocenters. The van der Waals surface area contributed by atoms with Crippen LogP contribution in [0.15, 0.2) is 91.5 Å². The van der Waals surface area contributed by atoms with Gasteiger partial charge in [0.2, 0.25) is 0 Å².